The molecule has 1 amide bonds. The van der Waals surface area contributed by atoms with E-state index in [1.807, 2.05) is 0 Å². The van der Waals surface area contributed by atoms with E-state index >= 15 is 0 Å². The van der Waals surface area contributed by atoms with Crippen LogP contribution < -0.4 is 10.6 Å². The van der Waals surface area contributed by atoms with Gasteiger partial charge >= 0.3 is 0 Å². The number of nitrogens with one attached hydrogen (secondary N) is 1. The molecule has 0 spiro atoms. The average Bonchev–Trinajstić information content (AvgIpc) is 2.59. The summed E-state index contributed by atoms with van der Waals surface area (Å²) in [5, 5.41) is 7.79. The molecule has 0 fully saturated rings. The molecular weight excluding hydrogens is 228 g/mol. The van der Waals surface area contributed by atoms with Gasteiger partial charge < -0.3 is 10.2 Å². The standard InChI is InChI=1S/C6H9ClN4O2S/c7-9-2-1-5-10-11-6(13-5)14-3-4(8)12/h9H,1-3H2,(H2,8,12). The van der Waals surface area contributed by atoms with Crippen molar-refractivity contribution in [2.75, 3.05) is 12.3 Å². The van der Waals surface area contributed by atoms with Crippen LogP contribution in [0.25, 0.3) is 0 Å². The third-order valence-corrected chi connectivity index (χ3v) is 2.25. The van der Waals surface area contributed by atoms with Gasteiger partial charge in [0.2, 0.25) is 11.8 Å². The summed E-state index contributed by atoms with van der Waals surface area (Å²) in [4.78, 5) is 12.9. The molecule has 6 nitrogen and oxygen atoms in total. The monoisotopic (exact) mass is 236 g/mol. The van der Waals surface area contributed by atoms with Gasteiger partial charge in [0.05, 0.1) is 5.75 Å². The number of hydrogen-bond acceptors (Lipinski definition) is 6. The predicted molar refractivity (Wildman–Crippen MR) is 51.8 cm³/mol. The molecule has 0 atom stereocenters. The minimum atomic E-state index is -0.419. The Morgan fingerprint density at radius 2 is 2.43 bits per heavy atom. The molecular formula is C6H9ClN4O2S. The van der Waals surface area contributed by atoms with Crippen molar-refractivity contribution in [1.29, 1.82) is 0 Å². The number of halogens is 1. The molecule has 0 aliphatic rings. The van der Waals surface area contributed by atoms with E-state index in [-0.39, 0.29) is 5.75 Å². The molecule has 8 heteroatoms. The number of rotatable bonds is 6. The lowest BCUT2D eigenvalue weighted by Gasteiger charge is -1.91. The number of hydrogen-bond donors (Lipinski definition) is 2. The number of nitrogens with two attached hydrogens (primary N) is 1. The van der Waals surface area contributed by atoms with Gasteiger partial charge in [-0.1, -0.05) is 11.8 Å². The SMILES string of the molecule is NC(=O)CSc1nnc(CCNCl)o1. The van der Waals surface area contributed by atoms with Crippen LogP contribution in [0, 0.1) is 0 Å². The minimum absolute atomic E-state index is 0.134. The second kappa shape index (κ2) is 5.84. The average molecular weight is 237 g/mol. The number of nitrogens with zero attached hydrogens (tertiary/aromatic N) is 2. The highest BCUT2D eigenvalue weighted by Gasteiger charge is 2.07. The van der Waals surface area contributed by atoms with Gasteiger partial charge in [-0.2, -0.15) is 0 Å². The van der Waals surface area contributed by atoms with Gasteiger partial charge in [-0.15, -0.1) is 10.2 Å². The zero-order valence-electron chi connectivity index (χ0n) is 7.20. The molecule has 0 aliphatic heterocycles. The van der Waals surface area contributed by atoms with Gasteiger partial charge in [0.15, 0.2) is 0 Å². The van der Waals surface area contributed by atoms with E-state index in [1.54, 1.807) is 0 Å². The van der Waals surface area contributed by atoms with Gasteiger partial charge in [0, 0.05) is 13.0 Å². The molecule has 1 aromatic heterocycles. The Bertz CT molecular complexity index is 306. The molecule has 14 heavy (non-hydrogen) atoms. The second-order valence-corrected chi connectivity index (χ2v) is 3.54. The van der Waals surface area contributed by atoms with E-state index < -0.39 is 5.91 Å². The van der Waals surface area contributed by atoms with Crippen LogP contribution >= 0.6 is 23.5 Å². The lowest BCUT2D eigenvalue weighted by Crippen LogP contribution is -2.12. The van der Waals surface area contributed by atoms with E-state index in [1.165, 1.54) is 0 Å². The topological polar surface area (TPSA) is 94.0 Å². The van der Waals surface area contributed by atoms with Crippen LogP contribution in [0.1, 0.15) is 5.89 Å². The van der Waals surface area contributed by atoms with Crippen LogP contribution in [0.15, 0.2) is 9.64 Å². The Labute approximate surface area is 89.7 Å². The van der Waals surface area contributed by atoms with Crippen molar-refractivity contribution in [3.05, 3.63) is 5.89 Å². The molecule has 0 radical (unpaired) electrons. The van der Waals surface area contributed by atoms with Crippen LogP contribution in [-0.4, -0.2) is 28.4 Å². The van der Waals surface area contributed by atoms with E-state index in [4.69, 9.17) is 21.9 Å². The summed E-state index contributed by atoms with van der Waals surface area (Å²) in [6.45, 7) is 0.545. The van der Waals surface area contributed by atoms with E-state index in [9.17, 15) is 4.79 Å². The largest absolute Gasteiger partial charge is 0.416 e. The summed E-state index contributed by atoms with van der Waals surface area (Å²) in [6.07, 6.45) is 0.549. The fourth-order valence-electron chi connectivity index (χ4n) is 0.685. The number of carbonyl (C=O) groups is 1. The van der Waals surface area contributed by atoms with Gasteiger partial charge in [0.1, 0.15) is 0 Å². The maximum absolute atomic E-state index is 10.4. The predicted octanol–water partition coefficient (Wildman–Crippen LogP) is -0.0671. The molecule has 0 unspecified atom stereocenters. The third-order valence-electron chi connectivity index (χ3n) is 1.22. The first kappa shape index (κ1) is 11.3. The number of primary amides is 1. The Balaban J connectivity index is 2.38. The van der Waals surface area contributed by atoms with Crippen molar-refractivity contribution in [2.24, 2.45) is 5.73 Å². The van der Waals surface area contributed by atoms with Crippen molar-refractivity contribution in [1.82, 2.24) is 15.0 Å². The van der Waals surface area contributed by atoms with E-state index in [0.717, 1.165) is 11.8 Å². The number of carbonyl (C=O) groups excluding carboxylic acids is 1. The van der Waals surface area contributed by atoms with Crippen molar-refractivity contribution in [3.63, 3.8) is 0 Å². The van der Waals surface area contributed by atoms with Crippen LogP contribution in [0.5, 0.6) is 0 Å². The molecule has 1 heterocycles. The molecule has 0 saturated carbocycles. The number of aromatic nitrogens is 2. The molecule has 0 bridgehead atoms. The van der Waals surface area contributed by atoms with Crippen LogP contribution in [0.2, 0.25) is 0 Å². The summed E-state index contributed by atoms with van der Waals surface area (Å²) >= 11 is 6.37. The van der Waals surface area contributed by atoms with Gasteiger partial charge in [0.25, 0.3) is 5.22 Å². The lowest BCUT2D eigenvalue weighted by molar-refractivity contribution is -0.115. The Kier molecular flexibility index (Phi) is 4.71. The van der Waals surface area contributed by atoms with Crippen molar-refractivity contribution in [2.45, 2.75) is 11.6 Å². The van der Waals surface area contributed by atoms with Crippen LogP contribution in [0.4, 0.5) is 0 Å². The van der Waals surface area contributed by atoms with Crippen molar-refractivity contribution < 1.29 is 9.21 Å². The highest BCUT2D eigenvalue weighted by molar-refractivity contribution is 7.99. The molecule has 1 aromatic rings. The summed E-state index contributed by atoms with van der Waals surface area (Å²) in [5.41, 5.74) is 4.95. The maximum Gasteiger partial charge on any atom is 0.277 e. The van der Waals surface area contributed by atoms with Crippen molar-refractivity contribution >= 4 is 29.4 Å². The maximum atomic E-state index is 10.4. The van der Waals surface area contributed by atoms with E-state index in [2.05, 4.69) is 15.0 Å². The zero-order chi connectivity index (χ0) is 10.4. The quantitative estimate of drug-likeness (QED) is 0.531. The summed E-state index contributed by atoms with van der Waals surface area (Å²) < 4.78 is 5.17. The fraction of sp³-hybridized carbons (Fsp3) is 0.500. The molecule has 78 valence electrons. The molecule has 3 N–H and O–H groups in total. The summed E-state index contributed by atoms with van der Waals surface area (Å²) in [6, 6.07) is 0. The molecule has 0 saturated heterocycles. The van der Waals surface area contributed by atoms with Gasteiger partial charge in [-0.05, 0) is 11.8 Å². The van der Waals surface area contributed by atoms with E-state index in [0.29, 0.717) is 24.1 Å². The number of amides is 1. The Hall–Kier alpha value is -0.790. The van der Waals surface area contributed by atoms with Gasteiger partial charge in [-0.3, -0.25) is 4.79 Å². The van der Waals surface area contributed by atoms with Gasteiger partial charge in [-0.25, -0.2) is 4.84 Å². The first-order chi connectivity index (χ1) is 6.72. The normalized spacial score (nSPS) is 10.4. The van der Waals surface area contributed by atoms with Crippen LogP contribution in [0.3, 0.4) is 0 Å². The highest BCUT2D eigenvalue weighted by atomic mass is 35.5. The Morgan fingerprint density at radius 1 is 1.64 bits per heavy atom. The molecule has 0 aromatic carbocycles. The zero-order valence-corrected chi connectivity index (χ0v) is 8.77. The second-order valence-electron chi connectivity index (χ2n) is 2.35. The molecule has 1 rings (SSSR count). The first-order valence-electron chi connectivity index (χ1n) is 3.79. The first-order valence-corrected chi connectivity index (χ1v) is 5.15. The lowest BCUT2D eigenvalue weighted by atomic mass is 10.4. The third kappa shape index (κ3) is 3.95. The smallest absolute Gasteiger partial charge is 0.277 e. The summed E-state index contributed by atoms with van der Waals surface area (Å²) in [5.74, 6) is 0.192. The summed E-state index contributed by atoms with van der Waals surface area (Å²) in [7, 11) is 0. The molecule has 0 aliphatic carbocycles. The number of thioether (sulfide) groups is 1. The minimum Gasteiger partial charge on any atom is -0.416 e. The highest BCUT2D eigenvalue weighted by Crippen LogP contribution is 2.15. The van der Waals surface area contributed by atoms with Crippen molar-refractivity contribution in [3.8, 4) is 0 Å². The fourth-order valence-corrected chi connectivity index (χ4v) is 1.30. The Morgan fingerprint density at radius 3 is 3.07 bits per heavy atom. The van der Waals surface area contributed by atoms with Crippen LogP contribution in [-0.2, 0) is 11.2 Å².